The molecule has 0 aliphatic heterocycles. The standard InChI is InChI=1S/C2H3Cl3O2.CCl4.CS2/c3-2(4,5)1(6)7;2-1(3,4)5;2-1-3/h1,6-7H;;. The average Bonchev–Trinajstić information content (AvgIpc) is 1.81. The van der Waals surface area contributed by atoms with Crippen LogP contribution in [0.5, 0.6) is 0 Å². The molecule has 0 fully saturated rings. The predicted molar refractivity (Wildman–Crippen MR) is 74.8 cm³/mol. The van der Waals surface area contributed by atoms with Gasteiger partial charge in [0.2, 0.25) is 3.79 Å². The topological polar surface area (TPSA) is 40.5 Å². The summed E-state index contributed by atoms with van der Waals surface area (Å²) in [6.07, 6.45) is -1.91. The van der Waals surface area contributed by atoms with Gasteiger partial charge in [-0.25, -0.2) is 0 Å². The minimum atomic E-state index is -1.97. The van der Waals surface area contributed by atoms with Gasteiger partial charge in [0, 0.05) is 4.31 Å². The van der Waals surface area contributed by atoms with E-state index in [9.17, 15) is 0 Å². The van der Waals surface area contributed by atoms with Gasteiger partial charge in [0.1, 0.15) is 0 Å². The van der Waals surface area contributed by atoms with Crippen molar-refractivity contribution in [2.45, 2.75) is 13.3 Å². The van der Waals surface area contributed by atoms with Gasteiger partial charge < -0.3 is 10.2 Å². The van der Waals surface area contributed by atoms with E-state index in [2.05, 4.69) is 24.4 Å². The lowest BCUT2D eigenvalue weighted by Crippen LogP contribution is -2.23. The van der Waals surface area contributed by atoms with Crippen LogP contribution in [-0.4, -0.2) is 27.9 Å². The molecule has 2 nitrogen and oxygen atoms in total. The molecule has 11 heteroatoms. The third-order valence-electron chi connectivity index (χ3n) is 0.293. The molecule has 0 radical (unpaired) electrons. The van der Waals surface area contributed by atoms with E-state index in [1.54, 1.807) is 0 Å². The van der Waals surface area contributed by atoms with Crippen LogP contribution in [0.2, 0.25) is 0 Å². The molecule has 15 heavy (non-hydrogen) atoms. The van der Waals surface area contributed by atoms with Crippen LogP contribution in [0.25, 0.3) is 0 Å². The highest BCUT2D eigenvalue weighted by Crippen LogP contribution is 2.30. The van der Waals surface area contributed by atoms with Crippen LogP contribution < -0.4 is 0 Å². The number of aliphatic hydroxyl groups is 2. The maximum Gasteiger partial charge on any atom is 0.266 e. The van der Waals surface area contributed by atoms with Crippen molar-refractivity contribution >= 4 is 110 Å². The highest BCUT2D eigenvalue weighted by atomic mass is 35.6. The first-order chi connectivity index (χ1) is 6.36. The SMILES string of the molecule is ClC(Cl)(Cl)Cl.OC(O)C(Cl)(Cl)Cl.S=C=S. The average molecular weight is 395 g/mol. The Hall–Kier alpha value is 2.17. The molecule has 0 aromatic heterocycles. The van der Waals surface area contributed by atoms with Crippen LogP contribution in [0.3, 0.4) is 0 Å². The normalized spacial score (nSPS) is 10.5. The minimum absolute atomic E-state index is 1.61. The molecule has 0 aromatic carbocycles. The summed E-state index contributed by atoms with van der Waals surface area (Å²) >= 11 is 41.9. The molecule has 0 unspecified atom stereocenters. The highest BCUT2D eigenvalue weighted by Gasteiger charge is 2.28. The summed E-state index contributed by atoms with van der Waals surface area (Å²) in [5.41, 5.74) is 0. The molecule has 0 aliphatic rings. The summed E-state index contributed by atoms with van der Waals surface area (Å²) in [7, 11) is 0. The molecule has 2 N–H and O–H groups in total. The Balaban J connectivity index is -0.000000158. The quantitative estimate of drug-likeness (QED) is 0.366. The van der Waals surface area contributed by atoms with Gasteiger partial charge in [0.15, 0.2) is 6.29 Å². The molecule has 0 atom stereocenters. The zero-order valence-corrected chi connectivity index (χ0v) is 13.4. The Kier molecular flexibility index (Phi) is 16.8. The van der Waals surface area contributed by atoms with Crippen molar-refractivity contribution in [3.8, 4) is 0 Å². The highest BCUT2D eigenvalue weighted by molar-refractivity contribution is 7.93. The van der Waals surface area contributed by atoms with E-state index < -0.39 is 13.3 Å². The number of rotatable bonds is 0. The summed E-state index contributed by atoms with van der Waals surface area (Å²) in [4.78, 5) is 0. The van der Waals surface area contributed by atoms with E-state index in [1.165, 1.54) is 0 Å². The van der Waals surface area contributed by atoms with E-state index in [0.29, 0.717) is 0 Å². The minimum Gasteiger partial charge on any atom is -0.365 e. The monoisotopic (exact) mass is 392 g/mol. The van der Waals surface area contributed by atoms with Crippen molar-refractivity contribution in [3.63, 3.8) is 0 Å². The van der Waals surface area contributed by atoms with Crippen molar-refractivity contribution in [1.82, 2.24) is 0 Å². The van der Waals surface area contributed by atoms with Crippen LogP contribution in [0.1, 0.15) is 0 Å². The van der Waals surface area contributed by atoms with E-state index >= 15 is 0 Å². The second kappa shape index (κ2) is 11.3. The van der Waals surface area contributed by atoms with Gasteiger partial charge in [-0.15, -0.1) is 0 Å². The zero-order chi connectivity index (χ0) is 13.3. The summed E-state index contributed by atoms with van der Waals surface area (Å²) in [6.45, 7) is 0. The molecule has 0 aliphatic carbocycles. The predicted octanol–water partition coefficient (Wildman–Crippen LogP) is 4.24. The van der Waals surface area contributed by atoms with Gasteiger partial charge in [-0.3, -0.25) is 0 Å². The molecular weight excluding hydrogens is 392 g/mol. The van der Waals surface area contributed by atoms with Gasteiger partial charge in [-0.2, -0.15) is 0 Å². The Morgan fingerprint density at radius 2 is 0.933 bits per heavy atom. The fourth-order valence-corrected chi connectivity index (χ4v) is 0. The van der Waals surface area contributed by atoms with Gasteiger partial charge in [-0.05, 0) is 24.4 Å². The second-order valence-corrected chi connectivity index (χ2v) is 7.89. The Bertz CT molecular complexity index is 174. The number of halogens is 7. The van der Waals surface area contributed by atoms with Crippen molar-refractivity contribution in [3.05, 3.63) is 0 Å². The molecule has 0 heterocycles. The fourth-order valence-electron chi connectivity index (χ4n) is 0. The first-order valence-electron chi connectivity index (χ1n) is 2.54. The summed E-state index contributed by atoms with van der Waals surface area (Å²) in [5, 5.41) is 16.1. The number of alkyl halides is 7. The van der Waals surface area contributed by atoms with Crippen LogP contribution in [0.4, 0.5) is 0 Å². The van der Waals surface area contributed by atoms with Gasteiger partial charge >= 0.3 is 0 Å². The van der Waals surface area contributed by atoms with Crippen molar-refractivity contribution in [1.29, 1.82) is 0 Å². The Morgan fingerprint density at radius 3 is 0.933 bits per heavy atom. The Labute approximate surface area is 132 Å². The van der Waals surface area contributed by atoms with Crippen molar-refractivity contribution in [2.24, 2.45) is 0 Å². The van der Waals surface area contributed by atoms with Crippen LogP contribution >= 0.6 is 106 Å². The van der Waals surface area contributed by atoms with Gasteiger partial charge in [-0.1, -0.05) is 81.2 Å². The molecule has 0 spiro atoms. The van der Waals surface area contributed by atoms with Gasteiger partial charge in [0.05, 0.1) is 0 Å². The van der Waals surface area contributed by atoms with Crippen LogP contribution in [-0.2, 0) is 0 Å². The van der Waals surface area contributed by atoms with Crippen LogP contribution in [0.15, 0.2) is 0 Å². The molecule has 0 aromatic rings. The van der Waals surface area contributed by atoms with E-state index in [1.807, 2.05) is 4.31 Å². The summed E-state index contributed by atoms with van der Waals surface area (Å²) in [6, 6.07) is 0. The molecule has 0 saturated carbocycles. The van der Waals surface area contributed by atoms with Gasteiger partial charge in [0.25, 0.3) is 3.25 Å². The first-order valence-corrected chi connectivity index (χ1v) is 6.00. The molecule has 0 bridgehead atoms. The number of hydrogen-bond donors (Lipinski definition) is 2. The van der Waals surface area contributed by atoms with Crippen molar-refractivity contribution in [2.75, 3.05) is 0 Å². The second-order valence-electron chi connectivity index (χ2n) is 1.43. The summed E-state index contributed by atoms with van der Waals surface area (Å²) in [5.74, 6) is 0. The number of thiocarbonyl (C=S) groups is 2. The molecular formula is C4H3Cl7O2S2. The largest absolute Gasteiger partial charge is 0.365 e. The van der Waals surface area contributed by atoms with Crippen LogP contribution in [0, 0.1) is 0 Å². The number of aliphatic hydroxyl groups excluding tert-OH is 1. The van der Waals surface area contributed by atoms with E-state index in [-0.39, 0.29) is 0 Å². The summed E-state index contributed by atoms with van der Waals surface area (Å²) < 4.78 is -1.67. The molecule has 0 amide bonds. The smallest absolute Gasteiger partial charge is 0.266 e. The lowest BCUT2D eigenvalue weighted by Gasteiger charge is -2.10. The maximum atomic E-state index is 8.05. The van der Waals surface area contributed by atoms with E-state index in [0.717, 1.165) is 0 Å². The number of hydrogen-bond acceptors (Lipinski definition) is 4. The molecule has 0 saturated heterocycles. The van der Waals surface area contributed by atoms with Crippen molar-refractivity contribution < 1.29 is 10.2 Å². The molecule has 0 rings (SSSR count). The lowest BCUT2D eigenvalue weighted by atomic mass is 10.8. The third-order valence-corrected chi connectivity index (χ3v) is 0.878. The fraction of sp³-hybridized carbons (Fsp3) is 0.750. The lowest BCUT2D eigenvalue weighted by molar-refractivity contribution is -0.0355. The maximum absolute atomic E-state index is 8.05. The third kappa shape index (κ3) is 48.6. The van der Waals surface area contributed by atoms with E-state index in [4.69, 9.17) is 91.4 Å². The molecule has 92 valence electrons. The zero-order valence-electron chi connectivity index (χ0n) is 6.43. The first kappa shape index (κ1) is 22.4. The Morgan fingerprint density at radius 1 is 0.867 bits per heavy atom.